The van der Waals surface area contributed by atoms with Gasteiger partial charge < -0.3 is 5.11 Å². The summed E-state index contributed by atoms with van der Waals surface area (Å²) in [6.45, 7) is 0.521. The quantitative estimate of drug-likeness (QED) is 0.785. The number of halogens is 1. The van der Waals surface area contributed by atoms with Gasteiger partial charge in [0, 0.05) is 13.1 Å². The topological polar surface area (TPSA) is 83.4 Å². The maximum absolute atomic E-state index is 12.1. The Morgan fingerprint density at radius 2 is 2.06 bits per heavy atom. The molecule has 0 bridgehead atoms. The van der Waals surface area contributed by atoms with Gasteiger partial charge in [0.15, 0.2) is 0 Å². The number of hydrogen-bond acceptors (Lipinski definition) is 5. The molecule has 1 atom stereocenters. The van der Waals surface area contributed by atoms with E-state index in [1.165, 1.54) is 16.7 Å². The first-order valence-corrected chi connectivity index (χ1v) is 6.98. The first-order chi connectivity index (χ1) is 8.00. The number of rotatable bonds is 2. The van der Waals surface area contributed by atoms with Gasteiger partial charge in [-0.1, -0.05) is 0 Å². The molecule has 94 valence electrons. The highest BCUT2D eigenvalue weighted by molar-refractivity contribution is 7.89. The zero-order chi connectivity index (χ0) is 12.5. The van der Waals surface area contributed by atoms with Crippen LogP contribution in [-0.2, 0) is 10.0 Å². The smallest absolute Gasteiger partial charge is 0.246 e. The lowest BCUT2D eigenvalue weighted by molar-refractivity contribution is 0.108. The SMILES string of the molecule is O=S(=O)(c1cnc(Cl)nc1)N1CCC[C@H](O)C1. The molecule has 0 spiro atoms. The Balaban J connectivity index is 2.26. The minimum absolute atomic E-state index is 0.00243. The number of hydrogen-bond donors (Lipinski definition) is 1. The minimum atomic E-state index is -3.62. The van der Waals surface area contributed by atoms with E-state index in [2.05, 4.69) is 9.97 Å². The zero-order valence-corrected chi connectivity index (χ0v) is 10.5. The number of sulfonamides is 1. The molecule has 2 heterocycles. The highest BCUT2D eigenvalue weighted by atomic mass is 35.5. The van der Waals surface area contributed by atoms with E-state index in [0.717, 1.165) is 0 Å². The average Bonchev–Trinajstić information content (AvgIpc) is 2.29. The van der Waals surface area contributed by atoms with Crippen molar-refractivity contribution in [1.82, 2.24) is 14.3 Å². The van der Waals surface area contributed by atoms with Crippen molar-refractivity contribution in [1.29, 1.82) is 0 Å². The van der Waals surface area contributed by atoms with Crippen LogP contribution in [0.4, 0.5) is 0 Å². The summed E-state index contributed by atoms with van der Waals surface area (Å²) in [5.41, 5.74) is 0. The van der Waals surface area contributed by atoms with Crippen molar-refractivity contribution < 1.29 is 13.5 Å². The predicted molar refractivity (Wildman–Crippen MR) is 61.0 cm³/mol. The van der Waals surface area contributed by atoms with E-state index in [1.807, 2.05) is 0 Å². The predicted octanol–water partition coefficient (Wildman–Crippen LogP) is 0.275. The maximum Gasteiger partial charge on any atom is 0.246 e. The molecule has 0 radical (unpaired) electrons. The molecule has 1 aromatic heterocycles. The first-order valence-electron chi connectivity index (χ1n) is 5.16. The summed E-state index contributed by atoms with van der Waals surface area (Å²) in [6.07, 6.45) is 3.02. The highest BCUT2D eigenvalue weighted by Crippen LogP contribution is 2.19. The molecular weight excluding hydrogens is 266 g/mol. The van der Waals surface area contributed by atoms with E-state index in [4.69, 9.17) is 11.6 Å². The molecule has 2 rings (SSSR count). The molecule has 0 unspecified atom stereocenters. The van der Waals surface area contributed by atoms with Crippen molar-refractivity contribution >= 4 is 21.6 Å². The lowest BCUT2D eigenvalue weighted by Gasteiger charge is -2.28. The van der Waals surface area contributed by atoms with Crippen LogP contribution < -0.4 is 0 Å². The highest BCUT2D eigenvalue weighted by Gasteiger charge is 2.29. The van der Waals surface area contributed by atoms with Crippen LogP contribution in [0.5, 0.6) is 0 Å². The van der Waals surface area contributed by atoms with Crippen LogP contribution in [0.1, 0.15) is 12.8 Å². The second-order valence-corrected chi connectivity index (χ2v) is 6.12. The summed E-state index contributed by atoms with van der Waals surface area (Å²) in [7, 11) is -3.62. The average molecular weight is 278 g/mol. The van der Waals surface area contributed by atoms with Gasteiger partial charge in [0.05, 0.1) is 18.5 Å². The normalized spacial score (nSPS) is 22.6. The van der Waals surface area contributed by atoms with Crippen LogP contribution in [0.2, 0.25) is 5.28 Å². The molecular formula is C9H12ClN3O3S. The molecule has 1 aromatic rings. The summed E-state index contributed by atoms with van der Waals surface area (Å²) < 4.78 is 25.5. The molecule has 0 saturated carbocycles. The van der Waals surface area contributed by atoms with E-state index in [1.54, 1.807) is 0 Å². The number of β-amino-alcohol motifs (C(OH)–C–C–N with tert-alkyl or cyclic N) is 1. The van der Waals surface area contributed by atoms with Gasteiger partial charge in [-0.05, 0) is 24.4 Å². The van der Waals surface area contributed by atoms with Gasteiger partial charge in [0.2, 0.25) is 15.3 Å². The largest absolute Gasteiger partial charge is 0.392 e. The molecule has 6 nitrogen and oxygen atoms in total. The fraction of sp³-hybridized carbons (Fsp3) is 0.556. The van der Waals surface area contributed by atoms with E-state index in [0.29, 0.717) is 19.4 Å². The van der Waals surface area contributed by atoms with E-state index < -0.39 is 16.1 Å². The maximum atomic E-state index is 12.1. The van der Waals surface area contributed by atoms with Gasteiger partial charge in [0.1, 0.15) is 4.90 Å². The third kappa shape index (κ3) is 2.74. The van der Waals surface area contributed by atoms with Crippen LogP contribution in [0.15, 0.2) is 17.3 Å². The molecule has 1 N–H and O–H groups in total. The Kier molecular flexibility index (Phi) is 3.62. The number of aromatic nitrogens is 2. The molecule has 1 fully saturated rings. The molecule has 1 aliphatic rings. The standard InChI is InChI=1S/C9H12ClN3O3S/c10-9-11-4-8(5-12-9)17(15,16)13-3-1-2-7(14)6-13/h4-5,7,14H,1-3,6H2/t7-/m0/s1. The van der Waals surface area contributed by atoms with Crippen LogP contribution in [0.3, 0.4) is 0 Å². The second kappa shape index (κ2) is 4.85. The van der Waals surface area contributed by atoms with Crippen molar-refractivity contribution in [2.75, 3.05) is 13.1 Å². The summed E-state index contributed by atoms with van der Waals surface area (Å²) >= 11 is 5.50. The van der Waals surface area contributed by atoms with Gasteiger partial charge in [-0.2, -0.15) is 4.31 Å². The third-order valence-corrected chi connectivity index (χ3v) is 4.61. The first kappa shape index (κ1) is 12.7. The van der Waals surface area contributed by atoms with Gasteiger partial charge in [0.25, 0.3) is 0 Å². The van der Waals surface area contributed by atoms with Gasteiger partial charge in [-0.3, -0.25) is 0 Å². The summed E-state index contributed by atoms with van der Waals surface area (Å²) in [4.78, 5) is 7.29. The van der Waals surface area contributed by atoms with Crippen molar-refractivity contribution in [3.63, 3.8) is 0 Å². The van der Waals surface area contributed by atoms with Crippen LogP contribution in [0, 0.1) is 0 Å². The fourth-order valence-electron chi connectivity index (χ4n) is 1.72. The van der Waals surface area contributed by atoms with Gasteiger partial charge in [-0.25, -0.2) is 18.4 Å². The van der Waals surface area contributed by atoms with Crippen LogP contribution >= 0.6 is 11.6 Å². The summed E-state index contributed by atoms with van der Waals surface area (Å²) in [6, 6.07) is 0. The monoisotopic (exact) mass is 277 g/mol. The molecule has 17 heavy (non-hydrogen) atoms. The van der Waals surface area contributed by atoms with Gasteiger partial charge in [-0.15, -0.1) is 0 Å². The Morgan fingerprint density at radius 3 is 2.65 bits per heavy atom. The van der Waals surface area contributed by atoms with Crippen molar-refractivity contribution in [3.8, 4) is 0 Å². The second-order valence-electron chi connectivity index (χ2n) is 3.85. The number of aliphatic hydroxyl groups excluding tert-OH is 1. The minimum Gasteiger partial charge on any atom is -0.392 e. The molecule has 1 aliphatic heterocycles. The van der Waals surface area contributed by atoms with Crippen LogP contribution in [0.25, 0.3) is 0 Å². The molecule has 0 amide bonds. The Hall–Kier alpha value is -0.760. The molecule has 8 heteroatoms. The lowest BCUT2D eigenvalue weighted by atomic mass is 10.1. The van der Waals surface area contributed by atoms with Crippen molar-refractivity contribution in [2.24, 2.45) is 0 Å². The van der Waals surface area contributed by atoms with E-state index in [9.17, 15) is 13.5 Å². The van der Waals surface area contributed by atoms with Gasteiger partial charge >= 0.3 is 0 Å². The molecule has 0 aromatic carbocycles. The van der Waals surface area contributed by atoms with E-state index in [-0.39, 0.29) is 16.7 Å². The Morgan fingerprint density at radius 1 is 1.41 bits per heavy atom. The zero-order valence-electron chi connectivity index (χ0n) is 8.95. The number of aliphatic hydroxyl groups is 1. The van der Waals surface area contributed by atoms with Crippen molar-refractivity contribution in [3.05, 3.63) is 17.7 Å². The number of nitrogens with zero attached hydrogens (tertiary/aromatic N) is 3. The van der Waals surface area contributed by atoms with Crippen LogP contribution in [-0.4, -0.2) is 47.0 Å². The number of piperidine rings is 1. The Labute approximate surface area is 104 Å². The lowest BCUT2D eigenvalue weighted by Crippen LogP contribution is -2.42. The molecule has 1 saturated heterocycles. The summed E-state index contributed by atoms with van der Waals surface area (Å²) in [5.74, 6) is 0. The summed E-state index contributed by atoms with van der Waals surface area (Å²) in [5, 5.41) is 9.48. The fourth-order valence-corrected chi connectivity index (χ4v) is 3.23. The van der Waals surface area contributed by atoms with Crippen molar-refractivity contribution in [2.45, 2.75) is 23.8 Å². The van der Waals surface area contributed by atoms with E-state index >= 15 is 0 Å². The Bertz CT molecular complexity index is 491. The molecule has 0 aliphatic carbocycles. The third-order valence-electron chi connectivity index (χ3n) is 2.59.